The van der Waals surface area contributed by atoms with Gasteiger partial charge in [-0.25, -0.2) is 4.39 Å². The van der Waals surface area contributed by atoms with Gasteiger partial charge in [-0.2, -0.15) is 4.99 Å². The van der Waals surface area contributed by atoms with Crippen LogP contribution in [0.3, 0.4) is 0 Å². The normalized spacial score (nSPS) is 20.3. The van der Waals surface area contributed by atoms with E-state index in [9.17, 15) is 4.39 Å². The van der Waals surface area contributed by atoms with Gasteiger partial charge in [0.25, 0.3) is 0 Å². The first kappa shape index (κ1) is 22.4. The highest BCUT2D eigenvalue weighted by molar-refractivity contribution is 7.78. The molecule has 3 heteroatoms. The van der Waals surface area contributed by atoms with Crippen LogP contribution in [0.25, 0.3) is 5.57 Å². The highest BCUT2D eigenvalue weighted by atomic mass is 32.1. The molecule has 32 heavy (non-hydrogen) atoms. The molecular formula is C29H28FNS. The van der Waals surface area contributed by atoms with Gasteiger partial charge in [-0.1, -0.05) is 42.7 Å². The number of halogens is 1. The second-order valence-electron chi connectivity index (χ2n) is 9.04. The van der Waals surface area contributed by atoms with E-state index < -0.39 is 5.82 Å². The summed E-state index contributed by atoms with van der Waals surface area (Å²) >= 11 is 4.63. The van der Waals surface area contributed by atoms with Crippen molar-refractivity contribution in [2.24, 2.45) is 16.8 Å². The lowest BCUT2D eigenvalue weighted by Crippen LogP contribution is -2.11. The van der Waals surface area contributed by atoms with E-state index in [-0.39, 0.29) is 5.69 Å². The molecule has 2 aliphatic rings. The first-order valence-electron chi connectivity index (χ1n) is 11.4. The number of rotatable bonds is 5. The number of allylic oxidation sites excluding steroid dienone is 3. The Morgan fingerprint density at radius 1 is 0.969 bits per heavy atom. The highest BCUT2D eigenvalue weighted by Gasteiger charge is 2.22. The minimum atomic E-state index is -0.468. The van der Waals surface area contributed by atoms with E-state index in [1.807, 2.05) is 6.92 Å². The van der Waals surface area contributed by atoms with Crippen LogP contribution in [-0.2, 0) is 0 Å². The summed E-state index contributed by atoms with van der Waals surface area (Å²) in [4.78, 5) is 3.84. The van der Waals surface area contributed by atoms with Crippen LogP contribution in [0, 0.1) is 29.5 Å². The maximum atomic E-state index is 14.5. The molecule has 2 aromatic carbocycles. The van der Waals surface area contributed by atoms with E-state index in [0.29, 0.717) is 22.6 Å². The fourth-order valence-electron chi connectivity index (χ4n) is 4.39. The van der Waals surface area contributed by atoms with Gasteiger partial charge in [-0.15, -0.1) is 0 Å². The molecule has 0 unspecified atom stereocenters. The van der Waals surface area contributed by atoms with Crippen molar-refractivity contribution >= 4 is 28.6 Å². The van der Waals surface area contributed by atoms with Gasteiger partial charge in [0.2, 0.25) is 0 Å². The van der Waals surface area contributed by atoms with Gasteiger partial charge in [0.15, 0.2) is 5.82 Å². The summed E-state index contributed by atoms with van der Waals surface area (Å²) in [5.41, 5.74) is 4.39. The molecule has 2 aromatic rings. The van der Waals surface area contributed by atoms with E-state index in [4.69, 9.17) is 0 Å². The van der Waals surface area contributed by atoms with E-state index in [0.717, 1.165) is 17.4 Å². The topological polar surface area (TPSA) is 12.4 Å². The molecule has 0 spiro atoms. The average molecular weight is 442 g/mol. The summed E-state index contributed by atoms with van der Waals surface area (Å²) in [5, 5.41) is 2.23. The highest BCUT2D eigenvalue weighted by Crippen LogP contribution is 2.38. The number of aliphatic imine (C=N–C) groups is 1. The number of benzene rings is 2. The minimum absolute atomic E-state index is 0.167. The monoisotopic (exact) mass is 441 g/mol. The third-order valence-electron chi connectivity index (χ3n) is 6.46. The number of hydrogen-bond acceptors (Lipinski definition) is 2. The average Bonchev–Trinajstić information content (AvgIpc) is 3.63. The zero-order valence-electron chi connectivity index (χ0n) is 18.5. The fraction of sp³-hybridized carbons (Fsp3) is 0.345. The summed E-state index contributed by atoms with van der Waals surface area (Å²) in [6.07, 6.45) is 12.8. The van der Waals surface area contributed by atoms with Gasteiger partial charge in [0.1, 0.15) is 5.69 Å². The molecule has 2 aliphatic carbocycles. The Morgan fingerprint density at radius 2 is 1.56 bits per heavy atom. The number of isothiocyanates is 1. The molecule has 2 fully saturated rings. The Morgan fingerprint density at radius 3 is 2.12 bits per heavy atom. The van der Waals surface area contributed by atoms with Crippen LogP contribution < -0.4 is 0 Å². The lowest BCUT2D eigenvalue weighted by Gasteiger charge is -2.27. The summed E-state index contributed by atoms with van der Waals surface area (Å²) in [5.74, 6) is 8.04. The van der Waals surface area contributed by atoms with Gasteiger partial charge in [-0.05, 0) is 111 Å². The van der Waals surface area contributed by atoms with Crippen molar-refractivity contribution in [2.45, 2.75) is 51.4 Å². The molecule has 0 atom stereocenters. The Kier molecular flexibility index (Phi) is 7.15. The lowest BCUT2D eigenvalue weighted by atomic mass is 9.78. The van der Waals surface area contributed by atoms with Crippen molar-refractivity contribution in [1.82, 2.24) is 0 Å². The molecular weight excluding hydrogens is 413 g/mol. The van der Waals surface area contributed by atoms with Gasteiger partial charge in [0.05, 0.1) is 5.16 Å². The van der Waals surface area contributed by atoms with Crippen LogP contribution in [0.15, 0.2) is 60.1 Å². The van der Waals surface area contributed by atoms with Crippen LogP contribution in [0.4, 0.5) is 10.1 Å². The Balaban J connectivity index is 1.43. The SMILES string of the molecule is C=C(C)c1cc(C#Cc2ccc(C3CCC(/C=C/C4CC4)CC3)cc2)cc(F)c1N=C=S. The summed E-state index contributed by atoms with van der Waals surface area (Å²) in [7, 11) is 0. The first-order chi connectivity index (χ1) is 15.5. The van der Waals surface area contributed by atoms with Crippen molar-refractivity contribution < 1.29 is 4.39 Å². The molecule has 162 valence electrons. The molecule has 4 rings (SSSR count). The molecule has 0 aliphatic heterocycles. The zero-order chi connectivity index (χ0) is 22.5. The molecule has 2 saturated carbocycles. The molecule has 0 aromatic heterocycles. The quantitative estimate of drug-likeness (QED) is 0.197. The summed E-state index contributed by atoms with van der Waals surface area (Å²) in [6.45, 7) is 5.72. The largest absolute Gasteiger partial charge is 0.205 e. The van der Waals surface area contributed by atoms with E-state index in [1.54, 1.807) is 6.07 Å². The van der Waals surface area contributed by atoms with E-state index >= 15 is 0 Å². The minimum Gasteiger partial charge on any atom is -0.205 e. The summed E-state index contributed by atoms with van der Waals surface area (Å²) < 4.78 is 14.5. The number of hydrogen-bond donors (Lipinski definition) is 0. The fourth-order valence-corrected chi connectivity index (χ4v) is 4.48. The van der Waals surface area contributed by atoms with Gasteiger partial charge in [-0.3, -0.25) is 0 Å². The van der Waals surface area contributed by atoms with E-state index in [2.05, 4.69) is 77.2 Å². The lowest BCUT2D eigenvalue weighted by molar-refractivity contribution is 0.375. The van der Waals surface area contributed by atoms with Gasteiger partial charge >= 0.3 is 0 Å². The molecule has 1 nitrogen and oxygen atoms in total. The van der Waals surface area contributed by atoms with Crippen LogP contribution in [0.5, 0.6) is 0 Å². The molecule has 0 bridgehead atoms. The number of thiocarbonyl (C=S) groups is 1. The zero-order valence-corrected chi connectivity index (χ0v) is 19.4. The van der Waals surface area contributed by atoms with Crippen molar-refractivity contribution in [3.8, 4) is 11.8 Å². The smallest absolute Gasteiger partial charge is 0.151 e. The molecule has 0 saturated heterocycles. The van der Waals surface area contributed by atoms with Crippen molar-refractivity contribution in [3.05, 3.63) is 83.2 Å². The maximum absolute atomic E-state index is 14.5. The van der Waals surface area contributed by atoms with Gasteiger partial charge < -0.3 is 0 Å². The van der Waals surface area contributed by atoms with Gasteiger partial charge in [0, 0.05) is 16.7 Å². The third kappa shape index (κ3) is 5.71. The Bertz CT molecular complexity index is 1130. The maximum Gasteiger partial charge on any atom is 0.151 e. The standard InChI is InChI=1S/C29H28FNS/c1-20(2)27-17-24(18-28(30)29(27)31-19-32)8-7-23-11-15-26(16-12-23)25-13-9-22(10-14-25)6-5-21-3-4-21/h5-6,11-12,15-18,21-22,25H,1,3-4,9-10,13-14H2,2H3/b6-5+. The van der Waals surface area contributed by atoms with Crippen molar-refractivity contribution in [3.63, 3.8) is 0 Å². The molecule has 0 radical (unpaired) electrons. The van der Waals surface area contributed by atoms with E-state index in [1.165, 1.54) is 50.2 Å². The van der Waals surface area contributed by atoms with Crippen LogP contribution in [-0.4, -0.2) is 5.16 Å². The Labute approximate surface area is 196 Å². The Hall–Kier alpha value is -2.79. The summed E-state index contributed by atoms with van der Waals surface area (Å²) in [6, 6.07) is 11.7. The molecule has 0 amide bonds. The predicted molar refractivity (Wildman–Crippen MR) is 135 cm³/mol. The van der Waals surface area contributed by atoms with Crippen LogP contribution in [0.1, 0.15) is 73.6 Å². The van der Waals surface area contributed by atoms with Crippen LogP contribution >= 0.6 is 12.2 Å². The van der Waals surface area contributed by atoms with Crippen molar-refractivity contribution in [2.75, 3.05) is 0 Å². The molecule has 0 N–H and O–H groups in total. The number of nitrogens with zero attached hydrogens (tertiary/aromatic N) is 1. The second kappa shape index (κ2) is 10.2. The third-order valence-corrected chi connectivity index (χ3v) is 6.55. The first-order valence-corrected chi connectivity index (χ1v) is 11.8. The second-order valence-corrected chi connectivity index (χ2v) is 9.23. The predicted octanol–water partition coefficient (Wildman–Crippen LogP) is 8.23. The van der Waals surface area contributed by atoms with Crippen molar-refractivity contribution in [1.29, 1.82) is 0 Å². The molecule has 0 heterocycles. The van der Waals surface area contributed by atoms with Crippen LogP contribution in [0.2, 0.25) is 0 Å².